The molecule has 1 unspecified atom stereocenters. The van der Waals surface area contributed by atoms with Crippen LogP contribution in [0.25, 0.3) is 10.8 Å². The van der Waals surface area contributed by atoms with Crippen LogP contribution in [0.1, 0.15) is 12.8 Å². The molecule has 0 aliphatic carbocycles. The monoisotopic (exact) mass is 354 g/mol. The zero-order valence-corrected chi connectivity index (χ0v) is 15.1. The van der Waals surface area contributed by atoms with E-state index in [-0.39, 0.29) is 12.5 Å². The summed E-state index contributed by atoms with van der Waals surface area (Å²) in [6.07, 6.45) is 2.72. The number of hydrogen-bond acceptors (Lipinski definition) is 4. The molecular formula is C21H26N2O3. The topological polar surface area (TPSA) is 42.0 Å². The number of rotatable bonds is 5. The first-order valence-corrected chi connectivity index (χ1v) is 9.51. The lowest BCUT2D eigenvalue weighted by Gasteiger charge is -2.35. The maximum Gasteiger partial charge on any atom is 0.260 e. The fourth-order valence-corrected chi connectivity index (χ4v) is 3.75. The Morgan fingerprint density at radius 2 is 1.88 bits per heavy atom. The van der Waals surface area contributed by atoms with Crippen molar-refractivity contribution >= 4 is 16.7 Å². The molecular weight excluding hydrogens is 328 g/mol. The molecule has 2 saturated heterocycles. The average molecular weight is 354 g/mol. The molecule has 2 aromatic rings. The summed E-state index contributed by atoms with van der Waals surface area (Å²) in [6.45, 7) is 5.37. The molecule has 4 rings (SSSR count). The SMILES string of the molecule is O=C(COc1ccc2ccccc2c1)N1CCN(CC2CCCO2)CC1. The summed E-state index contributed by atoms with van der Waals surface area (Å²) in [5, 5.41) is 2.30. The van der Waals surface area contributed by atoms with E-state index in [0.29, 0.717) is 6.10 Å². The highest BCUT2D eigenvalue weighted by atomic mass is 16.5. The predicted octanol–water partition coefficient (Wildman–Crippen LogP) is 2.54. The average Bonchev–Trinajstić information content (AvgIpc) is 3.19. The lowest BCUT2D eigenvalue weighted by molar-refractivity contribution is -0.135. The Bertz CT molecular complexity index is 750. The second-order valence-corrected chi connectivity index (χ2v) is 7.11. The quantitative estimate of drug-likeness (QED) is 0.828. The van der Waals surface area contributed by atoms with Crippen molar-refractivity contribution in [3.63, 3.8) is 0 Å². The number of carbonyl (C=O) groups excluding carboxylic acids is 1. The number of piperazine rings is 1. The van der Waals surface area contributed by atoms with Crippen molar-refractivity contribution in [1.29, 1.82) is 0 Å². The van der Waals surface area contributed by atoms with Crippen LogP contribution in [0.5, 0.6) is 5.75 Å². The van der Waals surface area contributed by atoms with E-state index < -0.39 is 0 Å². The van der Waals surface area contributed by atoms with Crippen LogP contribution in [-0.2, 0) is 9.53 Å². The molecule has 0 spiro atoms. The Morgan fingerprint density at radius 1 is 1.08 bits per heavy atom. The van der Waals surface area contributed by atoms with E-state index in [0.717, 1.165) is 50.5 Å². The second-order valence-electron chi connectivity index (χ2n) is 7.11. The molecule has 0 radical (unpaired) electrons. The molecule has 5 heteroatoms. The third-order valence-electron chi connectivity index (χ3n) is 5.29. The molecule has 2 heterocycles. The van der Waals surface area contributed by atoms with Crippen molar-refractivity contribution in [1.82, 2.24) is 9.80 Å². The Kier molecular flexibility index (Phi) is 5.37. The lowest BCUT2D eigenvalue weighted by atomic mass is 10.1. The Balaban J connectivity index is 1.24. The molecule has 5 nitrogen and oxygen atoms in total. The number of benzene rings is 2. The van der Waals surface area contributed by atoms with Gasteiger partial charge in [0, 0.05) is 39.3 Å². The van der Waals surface area contributed by atoms with Crippen LogP contribution in [0.2, 0.25) is 0 Å². The Hall–Kier alpha value is -2.11. The third-order valence-corrected chi connectivity index (χ3v) is 5.29. The van der Waals surface area contributed by atoms with Gasteiger partial charge in [0.25, 0.3) is 5.91 Å². The second kappa shape index (κ2) is 8.06. The zero-order chi connectivity index (χ0) is 17.8. The molecule has 0 aromatic heterocycles. The molecule has 2 aliphatic heterocycles. The molecule has 0 saturated carbocycles. The fraction of sp³-hybridized carbons (Fsp3) is 0.476. The first-order chi connectivity index (χ1) is 12.8. The summed E-state index contributed by atoms with van der Waals surface area (Å²) < 4.78 is 11.4. The number of amides is 1. The summed E-state index contributed by atoms with van der Waals surface area (Å²) in [4.78, 5) is 16.8. The van der Waals surface area contributed by atoms with Crippen molar-refractivity contribution < 1.29 is 14.3 Å². The van der Waals surface area contributed by atoms with Gasteiger partial charge in [-0.25, -0.2) is 0 Å². The highest BCUT2D eigenvalue weighted by Gasteiger charge is 2.25. The molecule has 0 N–H and O–H groups in total. The summed E-state index contributed by atoms with van der Waals surface area (Å²) in [5.74, 6) is 0.809. The van der Waals surface area contributed by atoms with Crippen molar-refractivity contribution in [2.75, 3.05) is 45.9 Å². The molecule has 1 atom stereocenters. The number of hydrogen-bond donors (Lipinski definition) is 0. The van der Waals surface area contributed by atoms with Crippen LogP contribution in [0.15, 0.2) is 42.5 Å². The minimum Gasteiger partial charge on any atom is -0.484 e. The van der Waals surface area contributed by atoms with Gasteiger partial charge >= 0.3 is 0 Å². The van der Waals surface area contributed by atoms with Crippen LogP contribution in [0.4, 0.5) is 0 Å². The Labute approximate surface area is 154 Å². The van der Waals surface area contributed by atoms with E-state index in [9.17, 15) is 4.79 Å². The van der Waals surface area contributed by atoms with E-state index in [4.69, 9.17) is 9.47 Å². The van der Waals surface area contributed by atoms with Gasteiger partial charge in [-0.05, 0) is 35.7 Å². The largest absolute Gasteiger partial charge is 0.484 e. The molecule has 1 amide bonds. The maximum absolute atomic E-state index is 12.4. The van der Waals surface area contributed by atoms with Crippen molar-refractivity contribution in [2.24, 2.45) is 0 Å². The van der Waals surface area contributed by atoms with Gasteiger partial charge in [0.2, 0.25) is 0 Å². The molecule has 26 heavy (non-hydrogen) atoms. The minimum atomic E-state index is 0.0647. The normalized spacial score (nSPS) is 21.2. The van der Waals surface area contributed by atoms with Crippen LogP contribution in [0.3, 0.4) is 0 Å². The third kappa shape index (κ3) is 4.17. The molecule has 0 bridgehead atoms. The molecule has 2 aliphatic rings. The van der Waals surface area contributed by atoms with Crippen molar-refractivity contribution in [3.05, 3.63) is 42.5 Å². The van der Waals surface area contributed by atoms with Gasteiger partial charge < -0.3 is 14.4 Å². The first kappa shape index (κ1) is 17.3. The highest BCUT2D eigenvalue weighted by Crippen LogP contribution is 2.20. The van der Waals surface area contributed by atoms with Crippen LogP contribution >= 0.6 is 0 Å². The van der Waals surface area contributed by atoms with Gasteiger partial charge in [-0.3, -0.25) is 9.69 Å². The summed E-state index contributed by atoms with van der Waals surface area (Å²) in [7, 11) is 0. The number of fused-ring (bicyclic) bond motifs is 1. The Morgan fingerprint density at radius 3 is 2.65 bits per heavy atom. The van der Waals surface area contributed by atoms with Gasteiger partial charge in [0.1, 0.15) is 5.75 Å². The van der Waals surface area contributed by atoms with Crippen LogP contribution in [0, 0.1) is 0 Å². The van der Waals surface area contributed by atoms with Gasteiger partial charge in [-0.15, -0.1) is 0 Å². The van der Waals surface area contributed by atoms with Gasteiger partial charge in [-0.2, -0.15) is 0 Å². The first-order valence-electron chi connectivity index (χ1n) is 9.51. The van der Waals surface area contributed by atoms with Gasteiger partial charge in [0.05, 0.1) is 6.10 Å². The lowest BCUT2D eigenvalue weighted by Crippen LogP contribution is -2.51. The van der Waals surface area contributed by atoms with Crippen LogP contribution in [-0.4, -0.2) is 67.7 Å². The smallest absolute Gasteiger partial charge is 0.260 e. The number of nitrogens with zero attached hydrogens (tertiary/aromatic N) is 2. The number of ether oxygens (including phenoxy) is 2. The molecule has 2 aromatic carbocycles. The number of carbonyl (C=O) groups is 1. The minimum absolute atomic E-state index is 0.0647. The van der Waals surface area contributed by atoms with Crippen molar-refractivity contribution in [2.45, 2.75) is 18.9 Å². The zero-order valence-electron chi connectivity index (χ0n) is 15.1. The van der Waals surface area contributed by atoms with Crippen molar-refractivity contribution in [3.8, 4) is 5.75 Å². The van der Waals surface area contributed by atoms with E-state index in [1.165, 1.54) is 18.2 Å². The fourth-order valence-electron chi connectivity index (χ4n) is 3.75. The molecule has 138 valence electrons. The molecule has 2 fully saturated rings. The summed E-state index contributed by atoms with van der Waals surface area (Å²) >= 11 is 0. The van der Waals surface area contributed by atoms with Gasteiger partial charge in [0.15, 0.2) is 6.61 Å². The van der Waals surface area contributed by atoms with Crippen LogP contribution < -0.4 is 4.74 Å². The van der Waals surface area contributed by atoms with E-state index in [1.807, 2.05) is 35.2 Å². The van der Waals surface area contributed by atoms with E-state index in [2.05, 4.69) is 17.0 Å². The van der Waals surface area contributed by atoms with E-state index in [1.54, 1.807) is 0 Å². The van der Waals surface area contributed by atoms with E-state index >= 15 is 0 Å². The summed E-state index contributed by atoms with van der Waals surface area (Å²) in [5.41, 5.74) is 0. The summed E-state index contributed by atoms with van der Waals surface area (Å²) in [6, 6.07) is 14.1. The highest BCUT2D eigenvalue weighted by molar-refractivity contribution is 5.84. The van der Waals surface area contributed by atoms with Gasteiger partial charge in [-0.1, -0.05) is 30.3 Å². The maximum atomic E-state index is 12.4. The standard InChI is InChI=1S/C21H26N2O3/c24-21(16-26-19-8-7-17-4-1-2-5-18(17)14-19)23-11-9-22(10-12-23)15-20-6-3-13-25-20/h1-2,4-5,7-8,14,20H,3,6,9-13,15-16H2. The predicted molar refractivity (Wildman–Crippen MR) is 101 cm³/mol.